The summed E-state index contributed by atoms with van der Waals surface area (Å²) in [6.45, 7) is 1.82. The quantitative estimate of drug-likeness (QED) is 0.325. The Morgan fingerprint density at radius 2 is 1.88 bits per heavy atom. The molecule has 1 unspecified atom stereocenters. The highest BCUT2D eigenvalue weighted by atomic mass is 35.5. The fourth-order valence-corrected chi connectivity index (χ4v) is 4.69. The zero-order valence-electron chi connectivity index (χ0n) is 18.5. The smallest absolute Gasteiger partial charge is 0.276 e. The van der Waals surface area contributed by atoms with Gasteiger partial charge in [-0.15, -0.1) is 0 Å². The van der Waals surface area contributed by atoms with Gasteiger partial charge in [0.1, 0.15) is 11.9 Å². The van der Waals surface area contributed by atoms with Gasteiger partial charge in [-0.1, -0.05) is 29.3 Å². The Morgan fingerprint density at radius 3 is 2.59 bits per heavy atom. The van der Waals surface area contributed by atoms with Gasteiger partial charge in [0, 0.05) is 51.3 Å². The van der Waals surface area contributed by atoms with Crippen molar-refractivity contribution in [3.05, 3.63) is 76.2 Å². The van der Waals surface area contributed by atoms with E-state index in [0.717, 1.165) is 0 Å². The van der Waals surface area contributed by atoms with Gasteiger partial charge in [-0.3, -0.25) is 14.9 Å². The standard InChI is InChI=1S/C23H21Cl2N5O3S/c1-13(21-18(24)11-26-12-19(21)25)33-16-7-8-20-17(10-16)22(29-28-20)23(31)27-14-5-4-6-15(9-14)30-34(2,3)32/h4-13H,1-3H3,(H,27,31)(H,28,29). The molecule has 4 aromatic rings. The first-order valence-corrected chi connectivity index (χ1v) is 13.2. The maximum absolute atomic E-state index is 13.0. The normalized spacial score (nSPS) is 12.4. The van der Waals surface area contributed by atoms with Gasteiger partial charge in [-0.25, -0.2) is 4.21 Å². The highest BCUT2D eigenvalue weighted by molar-refractivity contribution is 7.92. The van der Waals surface area contributed by atoms with Crippen molar-refractivity contribution in [2.24, 2.45) is 4.36 Å². The minimum absolute atomic E-state index is 0.199. The number of fused-ring (bicyclic) bond motifs is 1. The first-order valence-electron chi connectivity index (χ1n) is 10.1. The third kappa shape index (κ3) is 5.49. The fraction of sp³-hybridized carbons (Fsp3) is 0.174. The van der Waals surface area contributed by atoms with Crippen LogP contribution in [0.1, 0.15) is 29.1 Å². The van der Waals surface area contributed by atoms with Crippen molar-refractivity contribution in [1.29, 1.82) is 0 Å². The van der Waals surface area contributed by atoms with Crippen LogP contribution in [0.5, 0.6) is 5.75 Å². The lowest BCUT2D eigenvalue weighted by atomic mass is 10.1. The molecule has 0 spiro atoms. The van der Waals surface area contributed by atoms with E-state index in [1.54, 1.807) is 55.0 Å². The Labute approximate surface area is 206 Å². The number of ether oxygens (including phenoxy) is 1. The molecule has 34 heavy (non-hydrogen) atoms. The molecule has 0 saturated carbocycles. The first-order chi connectivity index (χ1) is 16.1. The average Bonchev–Trinajstić information content (AvgIpc) is 3.16. The number of aromatic amines is 1. The van der Waals surface area contributed by atoms with E-state index >= 15 is 0 Å². The van der Waals surface area contributed by atoms with E-state index in [-0.39, 0.29) is 5.69 Å². The summed E-state index contributed by atoms with van der Waals surface area (Å²) in [5.41, 5.74) is 2.51. The third-order valence-electron chi connectivity index (χ3n) is 4.79. The molecule has 0 fully saturated rings. The number of benzene rings is 2. The first kappa shape index (κ1) is 24.0. The number of amides is 1. The average molecular weight is 518 g/mol. The van der Waals surface area contributed by atoms with Gasteiger partial charge in [0.25, 0.3) is 5.91 Å². The van der Waals surface area contributed by atoms with Gasteiger partial charge in [-0.05, 0) is 43.3 Å². The van der Waals surface area contributed by atoms with Gasteiger partial charge < -0.3 is 10.1 Å². The summed E-state index contributed by atoms with van der Waals surface area (Å²) in [6, 6.07) is 12.1. The lowest BCUT2D eigenvalue weighted by Gasteiger charge is -2.17. The molecular formula is C23H21Cl2N5O3S. The van der Waals surface area contributed by atoms with Gasteiger partial charge in [-0.2, -0.15) is 9.46 Å². The number of anilines is 1. The Hall–Kier alpha value is -3.14. The van der Waals surface area contributed by atoms with Crippen LogP contribution in [0.15, 0.2) is 59.2 Å². The summed E-state index contributed by atoms with van der Waals surface area (Å²) in [7, 11) is -2.32. The van der Waals surface area contributed by atoms with Crippen LogP contribution >= 0.6 is 23.2 Å². The fourth-order valence-electron chi connectivity index (χ4n) is 3.40. The minimum atomic E-state index is -2.32. The number of aromatic nitrogens is 3. The number of hydrogen-bond acceptors (Lipinski definition) is 6. The largest absolute Gasteiger partial charge is 0.486 e. The van der Waals surface area contributed by atoms with Crippen molar-refractivity contribution in [1.82, 2.24) is 15.2 Å². The monoisotopic (exact) mass is 517 g/mol. The number of nitrogens with one attached hydrogen (secondary N) is 2. The number of carbonyl (C=O) groups is 1. The highest BCUT2D eigenvalue weighted by Crippen LogP contribution is 2.33. The molecule has 1 amide bonds. The van der Waals surface area contributed by atoms with E-state index in [4.69, 9.17) is 27.9 Å². The van der Waals surface area contributed by atoms with Gasteiger partial charge >= 0.3 is 0 Å². The summed E-state index contributed by atoms with van der Waals surface area (Å²) in [5.74, 6) is 0.100. The van der Waals surface area contributed by atoms with Gasteiger partial charge in [0.05, 0.1) is 21.2 Å². The van der Waals surface area contributed by atoms with Crippen LogP contribution in [0.25, 0.3) is 10.9 Å². The van der Waals surface area contributed by atoms with Crippen LogP contribution in [-0.2, 0) is 9.73 Å². The topological polar surface area (TPSA) is 109 Å². The van der Waals surface area contributed by atoms with Crippen LogP contribution in [0.3, 0.4) is 0 Å². The Morgan fingerprint density at radius 1 is 1.15 bits per heavy atom. The van der Waals surface area contributed by atoms with Crippen LogP contribution in [0.4, 0.5) is 11.4 Å². The van der Waals surface area contributed by atoms with Crippen molar-refractivity contribution in [2.45, 2.75) is 13.0 Å². The molecule has 2 aromatic carbocycles. The van der Waals surface area contributed by atoms with Crippen molar-refractivity contribution in [2.75, 3.05) is 17.8 Å². The number of rotatable bonds is 6. The lowest BCUT2D eigenvalue weighted by molar-refractivity contribution is 0.102. The number of nitrogens with zero attached hydrogens (tertiary/aromatic N) is 3. The molecule has 4 rings (SSSR count). The molecule has 0 aliphatic carbocycles. The number of carbonyl (C=O) groups excluding carboxylic acids is 1. The van der Waals surface area contributed by atoms with Crippen LogP contribution < -0.4 is 10.1 Å². The predicted octanol–water partition coefficient (Wildman–Crippen LogP) is 6.02. The zero-order chi connectivity index (χ0) is 24.5. The summed E-state index contributed by atoms with van der Waals surface area (Å²) in [6.07, 6.45) is 5.65. The third-order valence-corrected chi connectivity index (χ3v) is 6.04. The second kappa shape index (κ2) is 9.61. The molecule has 1 atom stereocenters. The molecule has 11 heteroatoms. The number of H-pyrrole nitrogens is 1. The van der Waals surface area contributed by atoms with Crippen LogP contribution in [0.2, 0.25) is 10.0 Å². The summed E-state index contributed by atoms with van der Waals surface area (Å²) < 4.78 is 22.2. The molecule has 2 heterocycles. The Balaban J connectivity index is 1.59. The van der Waals surface area contributed by atoms with Crippen molar-refractivity contribution >= 4 is 61.1 Å². The van der Waals surface area contributed by atoms with E-state index < -0.39 is 21.7 Å². The van der Waals surface area contributed by atoms with Crippen molar-refractivity contribution < 1.29 is 13.7 Å². The molecule has 8 nitrogen and oxygen atoms in total. The molecule has 176 valence electrons. The van der Waals surface area contributed by atoms with E-state index in [1.165, 1.54) is 12.4 Å². The Bertz CT molecular complexity index is 1480. The molecule has 0 bridgehead atoms. The number of hydrogen-bond donors (Lipinski definition) is 2. The van der Waals surface area contributed by atoms with Crippen LogP contribution in [-0.4, -0.2) is 37.8 Å². The molecule has 0 radical (unpaired) electrons. The summed E-state index contributed by atoms with van der Waals surface area (Å²) in [4.78, 5) is 16.9. The van der Waals surface area contributed by atoms with Gasteiger partial charge in [0.2, 0.25) is 0 Å². The molecule has 2 aromatic heterocycles. The van der Waals surface area contributed by atoms with Gasteiger partial charge in [0.15, 0.2) is 5.69 Å². The summed E-state index contributed by atoms with van der Waals surface area (Å²) in [5, 5.41) is 11.2. The maximum Gasteiger partial charge on any atom is 0.276 e. The Kier molecular flexibility index (Phi) is 6.79. The number of pyridine rings is 1. The molecule has 2 N–H and O–H groups in total. The molecular weight excluding hydrogens is 497 g/mol. The maximum atomic E-state index is 13.0. The highest BCUT2D eigenvalue weighted by Gasteiger charge is 2.19. The minimum Gasteiger partial charge on any atom is -0.486 e. The SMILES string of the molecule is CC(Oc1ccc2[nH]nc(C(=O)Nc3cccc(N=S(C)(C)=O)c3)c2c1)c1c(Cl)cncc1Cl. The van der Waals surface area contributed by atoms with Crippen molar-refractivity contribution in [3.8, 4) is 5.75 Å². The second-order valence-electron chi connectivity index (χ2n) is 7.83. The van der Waals surface area contributed by atoms with E-state index in [9.17, 15) is 9.00 Å². The lowest BCUT2D eigenvalue weighted by Crippen LogP contribution is -2.12. The predicted molar refractivity (Wildman–Crippen MR) is 136 cm³/mol. The second-order valence-corrected chi connectivity index (χ2v) is 11.2. The van der Waals surface area contributed by atoms with E-state index in [1.807, 2.05) is 6.92 Å². The molecule has 0 saturated heterocycles. The zero-order valence-corrected chi connectivity index (χ0v) is 20.8. The summed E-state index contributed by atoms with van der Waals surface area (Å²) >= 11 is 12.5. The van der Waals surface area contributed by atoms with E-state index in [2.05, 4.69) is 24.9 Å². The molecule has 0 aliphatic heterocycles. The van der Waals surface area contributed by atoms with E-state index in [0.29, 0.717) is 43.6 Å². The number of halogens is 2. The molecule has 0 aliphatic rings. The van der Waals surface area contributed by atoms with Crippen molar-refractivity contribution in [3.63, 3.8) is 0 Å². The van der Waals surface area contributed by atoms with Crippen LogP contribution in [0, 0.1) is 0 Å².